The topological polar surface area (TPSA) is 20.2 Å². The minimum Gasteiger partial charge on any atom is -0.393 e. The van der Waals surface area contributed by atoms with Crippen LogP contribution in [0.25, 0.3) is 0 Å². The maximum atomic E-state index is 10.2. The summed E-state index contributed by atoms with van der Waals surface area (Å²) in [6.45, 7) is 15.1. The monoisotopic (exact) mass is 400 g/mol. The number of fused-ring (bicyclic) bond motifs is 5. The average molecular weight is 401 g/mol. The Balaban J connectivity index is 1.49. The Kier molecular flexibility index (Phi) is 6.04. The van der Waals surface area contributed by atoms with E-state index in [2.05, 4.69) is 47.6 Å². The van der Waals surface area contributed by atoms with E-state index in [9.17, 15) is 5.11 Å². The molecule has 0 aromatic rings. The molecule has 1 nitrogen and oxygen atoms in total. The van der Waals surface area contributed by atoms with Gasteiger partial charge >= 0.3 is 0 Å². The first-order chi connectivity index (χ1) is 13.7. The summed E-state index contributed by atoms with van der Waals surface area (Å²) in [5.41, 5.74) is 2.59. The molecule has 4 rings (SSSR count). The van der Waals surface area contributed by atoms with Crippen molar-refractivity contribution >= 4 is 0 Å². The summed E-state index contributed by atoms with van der Waals surface area (Å²) in [5, 5.41) is 10.2. The summed E-state index contributed by atoms with van der Waals surface area (Å²) in [7, 11) is 0. The van der Waals surface area contributed by atoms with Crippen LogP contribution < -0.4 is 0 Å². The second kappa shape index (κ2) is 7.99. The van der Waals surface area contributed by atoms with Gasteiger partial charge in [0, 0.05) is 0 Å². The van der Waals surface area contributed by atoms with Gasteiger partial charge in [-0.25, -0.2) is 0 Å². The van der Waals surface area contributed by atoms with E-state index in [1.54, 1.807) is 5.57 Å². The molecule has 166 valence electrons. The third-order valence-electron chi connectivity index (χ3n) is 11.1. The van der Waals surface area contributed by atoms with Crippen LogP contribution in [-0.4, -0.2) is 11.2 Å². The molecule has 0 aromatic heterocycles. The van der Waals surface area contributed by atoms with Gasteiger partial charge in [0.15, 0.2) is 0 Å². The van der Waals surface area contributed by atoms with Crippen molar-refractivity contribution in [2.24, 2.45) is 52.3 Å². The van der Waals surface area contributed by atoms with Crippen molar-refractivity contribution in [3.8, 4) is 0 Å². The Labute approximate surface area is 181 Å². The van der Waals surface area contributed by atoms with Crippen molar-refractivity contribution in [1.29, 1.82) is 0 Å². The number of rotatable bonds is 5. The Hall–Kier alpha value is -0.300. The lowest BCUT2D eigenvalue weighted by Crippen LogP contribution is -2.50. The van der Waals surface area contributed by atoms with E-state index in [-0.39, 0.29) is 6.10 Å². The molecular formula is C28H48O. The first-order valence-corrected chi connectivity index (χ1v) is 13.0. The molecule has 0 spiro atoms. The van der Waals surface area contributed by atoms with Crippen molar-refractivity contribution in [2.45, 2.75) is 112 Å². The van der Waals surface area contributed by atoms with Crippen LogP contribution in [-0.2, 0) is 0 Å². The van der Waals surface area contributed by atoms with Gasteiger partial charge in [-0.2, -0.15) is 0 Å². The Morgan fingerprint density at radius 1 is 0.966 bits per heavy atom. The molecule has 4 aliphatic carbocycles. The highest BCUT2D eigenvalue weighted by Crippen LogP contribution is 2.67. The number of allylic oxidation sites excluding steroid dienone is 1. The SMILES string of the molecule is CC(C)C(C)CCC(C)C1CCC2C3CC=C4CC(O)CC[C@]4(C)C3CC[C@]12C. The lowest BCUT2D eigenvalue weighted by Gasteiger charge is -2.58. The molecule has 0 heterocycles. The number of aliphatic hydroxyl groups is 1. The van der Waals surface area contributed by atoms with E-state index >= 15 is 0 Å². The summed E-state index contributed by atoms with van der Waals surface area (Å²) in [6, 6.07) is 0. The summed E-state index contributed by atoms with van der Waals surface area (Å²) in [5.74, 6) is 6.24. The van der Waals surface area contributed by atoms with Gasteiger partial charge in [0.25, 0.3) is 0 Å². The van der Waals surface area contributed by atoms with Gasteiger partial charge in [-0.3, -0.25) is 0 Å². The minimum atomic E-state index is -0.0790. The fourth-order valence-electron chi connectivity index (χ4n) is 8.68. The molecule has 1 heteroatoms. The standard InChI is InChI=1S/C28H48O/c1-18(2)19(3)7-8-20(4)24-11-12-25-23-10-9-21-17-22(29)13-15-27(21,5)26(23)14-16-28(24,25)6/h9,18-20,22-26,29H,7-8,10-17H2,1-6H3/t19?,20?,22?,23?,24?,25?,26?,27-,28+/m0/s1. The van der Waals surface area contributed by atoms with Gasteiger partial charge in [0.05, 0.1) is 6.10 Å². The van der Waals surface area contributed by atoms with E-state index in [1.165, 1.54) is 51.4 Å². The molecule has 1 N–H and O–H groups in total. The lowest BCUT2D eigenvalue weighted by molar-refractivity contribution is -0.0574. The molecule has 9 atom stereocenters. The third-order valence-corrected chi connectivity index (χ3v) is 11.1. The fraction of sp³-hybridized carbons (Fsp3) is 0.929. The Morgan fingerprint density at radius 3 is 2.45 bits per heavy atom. The van der Waals surface area contributed by atoms with Crippen LogP contribution in [0.3, 0.4) is 0 Å². The van der Waals surface area contributed by atoms with E-state index in [0.717, 1.165) is 54.3 Å². The van der Waals surface area contributed by atoms with Crippen LogP contribution in [0.4, 0.5) is 0 Å². The van der Waals surface area contributed by atoms with E-state index in [0.29, 0.717) is 10.8 Å². The predicted octanol–water partition coefficient (Wildman–Crippen LogP) is 7.63. The zero-order valence-electron chi connectivity index (χ0n) is 20.2. The van der Waals surface area contributed by atoms with Crippen molar-refractivity contribution in [2.75, 3.05) is 0 Å². The molecule has 0 saturated heterocycles. The lowest BCUT2D eigenvalue weighted by atomic mass is 9.47. The molecule has 3 saturated carbocycles. The number of aliphatic hydroxyl groups excluding tert-OH is 1. The number of hydrogen-bond donors (Lipinski definition) is 1. The number of hydrogen-bond acceptors (Lipinski definition) is 1. The van der Waals surface area contributed by atoms with E-state index in [1.807, 2.05) is 0 Å². The van der Waals surface area contributed by atoms with Crippen LogP contribution >= 0.6 is 0 Å². The maximum absolute atomic E-state index is 10.2. The second-order valence-electron chi connectivity index (χ2n) is 12.7. The minimum absolute atomic E-state index is 0.0790. The maximum Gasteiger partial charge on any atom is 0.0577 e. The predicted molar refractivity (Wildman–Crippen MR) is 124 cm³/mol. The van der Waals surface area contributed by atoms with Crippen molar-refractivity contribution in [3.05, 3.63) is 11.6 Å². The smallest absolute Gasteiger partial charge is 0.0577 e. The molecule has 0 bridgehead atoms. The molecule has 0 aromatic carbocycles. The van der Waals surface area contributed by atoms with Gasteiger partial charge in [0.2, 0.25) is 0 Å². The first kappa shape index (κ1) is 21.9. The van der Waals surface area contributed by atoms with Gasteiger partial charge in [-0.05, 0) is 104 Å². The van der Waals surface area contributed by atoms with Crippen LogP contribution in [0.5, 0.6) is 0 Å². The van der Waals surface area contributed by atoms with Crippen LogP contribution in [0.2, 0.25) is 0 Å². The molecule has 4 aliphatic rings. The van der Waals surface area contributed by atoms with Crippen molar-refractivity contribution in [1.82, 2.24) is 0 Å². The van der Waals surface area contributed by atoms with Gasteiger partial charge < -0.3 is 5.11 Å². The highest BCUT2D eigenvalue weighted by atomic mass is 16.3. The summed E-state index contributed by atoms with van der Waals surface area (Å²) in [6.07, 6.45) is 15.7. The summed E-state index contributed by atoms with van der Waals surface area (Å²) in [4.78, 5) is 0. The largest absolute Gasteiger partial charge is 0.393 e. The van der Waals surface area contributed by atoms with E-state index < -0.39 is 0 Å². The van der Waals surface area contributed by atoms with Crippen LogP contribution in [0, 0.1) is 52.3 Å². The van der Waals surface area contributed by atoms with Gasteiger partial charge in [0.1, 0.15) is 0 Å². The normalized spacial score (nSPS) is 46.5. The van der Waals surface area contributed by atoms with Crippen LogP contribution in [0.15, 0.2) is 11.6 Å². The Morgan fingerprint density at radius 2 is 1.72 bits per heavy atom. The first-order valence-electron chi connectivity index (χ1n) is 13.0. The Bertz CT molecular complexity index is 620. The molecular weight excluding hydrogens is 352 g/mol. The van der Waals surface area contributed by atoms with Crippen LogP contribution in [0.1, 0.15) is 106 Å². The van der Waals surface area contributed by atoms with Gasteiger partial charge in [-0.1, -0.05) is 66.0 Å². The van der Waals surface area contributed by atoms with E-state index in [4.69, 9.17) is 0 Å². The van der Waals surface area contributed by atoms with Gasteiger partial charge in [-0.15, -0.1) is 0 Å². The molecule has 29 heavy (non-hydrogen) atoms. The zero-order valence-corrected chi connectivity index (χ0v) is 20.2. The molecule has 0 aliphatic heterocycles. The second-order valence-corrected chi connectivity index (χ2v) is 12.7. The van der Waals surface area contributed by atoms with Crippen molar-refractivity contribution < 1.29 is 5.11 Å². The summed E-state index contributed by atoms with van der Waals surface area (Å²) < 4.78 is 0. The van der Waals surface area contributed by atoms with Crippen molar-refractivity contribution in [3.63, 3.8) is 0 Å². The quantitative estimate of drug-likeness (QED) is 0.470. The third kappa shape index (κ3) is 3.66. The highest BCUT2D eigenvalue weighted by Gasteiger charge is 2.59. The highest BCUT2D eigenvalue weighted by molar-refractivity contribution is 5.25. The summed E-state index contributed by atoms with van der Waals surface area (Å²) >= 11 is 0. The molecule has 3 fully saturated rings. The molecule has 0 radical (unpaired) electrons. The molecule has 0 amide bonds. The zero-order chi connectivity index (χ0) is 21.0. The molecule has 7 unspecified atom stereocenters. The average Bonchev–Trinajstić information content (AvgIpc) is 3.03. The fourth-order valence-corrected chi connectivity index (χ4v) is 8.68.